The Morgan fingerprint density at radius 3 is 2.46 bits per heavy atom. The minimum atomic E-state index is -0.450. The van der Waals surface area contributed by atoms with E-state index in [-0.39, 0.29) is 5.57 Å². The van der Waals surface area contributed by atoms with Crippen molar-refractivity contribution in [3.8, 4) is 11.8 Å². The molecule has 1 N–H and O–H groups in total. The zero-order chi connectivity index (χ0) is 20.4. The van der Waals surface area contributed by atoms with Gasteiger partial charge in [-0.2, -0.15) is 5.26 Å². The molecule has 0 saturated heterocycles. The molecule has 2 heterocycles. The smallest absolute Gasteiger partial charge is 0.268 e. The monoisotopic (exact) mass is 390 g/mol. The second kappa shape index (κ2) is 7.83. The summed E-state index contributed by atoms with van der Waals surface area (Å²) < 4.78 is 2.17. The third-order valence-corrected chi connectivity index (χ3v) is 5.51. The lowest BCUT2D eigenvalue weighted by molar-refractivity contribution is -0.112. The summed E-state index contributed by atoms with van der Waals surface area (Å²) in [6, 6.07) is 10.2. The van der Waals surface area contributed by atoms with Gasteiger partial charge in [0.15, 0.2) is 5.13 Å². The van der Waals surface area contributed by atoms with Gasteiger partial charge in [0.05, 0.1) is 11.4 Å². The zero-order valence-electron chi connectivity index (χ0n) is 16.6. The summed E-state index contributed by atoms with van der Waals surface area (Å²) >= 11 is 1.34. The van der Waals surface area contributed by atoms with Gasteiger partial charge in [-0.25, -0.2) is 4.98 Å². The lowest BCUT2D eigenvalue weighted by atomic mass is 10.1. The first kappa shape index (κ1) is 19.6. The Kier molecular flexibility index (Phi) is 5.48. The van der Waals surface area contributed by atoms with E-state index >= 15 is 0 Å². The number of benzene rings is 1. The Labute approximate surface area is 169 Å². The Bertz CT molecular complexity index is 1110. The number of thiazole rings is 1. The van der Waals surface area contributed by atoms with Crippen molar-refractivity contribution in [2.24, 2.45) is 0 Å². The largest absolute Gasteiger partial charge is 0.317 e. The van der Waals surface area contributed by atoms with Crippen molar-refractivity contribution in [2.45, 2.75) is 34.6 Å². The molecule has 3 rings (SSSR count). The number of nitriles is 1. The molecule has 142 valence electrons. The average molecular weight is 391 g/mol. The highest BCUT2D eigenvalue weighted by Gasteiger charge is 2.16. The lowest BCUT2D eigenvalue weighted by Crippen LogP contribution is -2.13. The zero-order valence-corrected chi connectivity index (χ0v) is 17.4. The SMILES string of the molecule is Cc1csc(NC(=O)C(C#N)=Cc2cc(C)n(-c3c(C)cccc3C)c2C)n1. The molecule has 1 amide bonds. The first-order valence-corrected chi connectivity index (χ1v) is 9.80. The number of hydrogen-bond acceptors (Lipinski definition) is 4. The molecule has 0 aliphatic carbocycles. The van der Waals surface area contributed by atoms with Gasteiger partial charge in [-0.05, 0) is 63.5 Å². The van der Waals surface area contributed by atoms with Crippen molar-refractivity contribution in [3.63, 3.8) is 0 Å². The Balaban J connectivity index is 2.00. The number of hydrogen-bond donors (Lipinski definition) is 1. The van der Waals surface area contributed by atoms with Crippen LogP contribution in [0.15, 0.2) is 35.2 Å². The maximum absolute atomic E-state index is 12.5. The molecule has 5 nitrogen and oxygen atoms in total. The Hall–Kier alpha value is -3.17. The maximum Gasteiger partial charge on any atom is 0.268 e. The second-order valence-electron chi connectivity index (χ2n) is 6.82. The number of rotatable bonds is 4. The van der Waals surface area contributed by atoms with Gasteiger partial charge < -0.3 is 4.57 Å². The first-order valence-electron chi connectivity index (χ1n) is 8.92. The summed E-state index contributed by atoms with van der Waals surface area (Å²) in [5, 5.41) is 14.5. The standard InChI is InChI=1S/C22H22N4OS/c1-13-7-6-8-14(2)20(13)26-16(4)9-18(17(26)5)10-19(11-23)21(27)25-22-24-15(3)12-28-22/h6-10,12H,1-5H3,(H,24,25,27). The summed E-state index contributed by atoms with van der Waals surface area (Å²) in [5.74, 6) is -0.450. The molecule has 0 radical (unpaired) electrons. The van der Waals surface area contributed by atoms with Crippen molar-refractivity contribution in [3.05, 3.63) is 69.0 Å². The fourth-order valence-electron chi connectivity index (χ4n) is 3.32. The van der Waals surface area contributed by atoms with Crippen LogP contribution in [0, 0.1) is 45.9 Å². The minimum Gasteiger partial charge on any atom is -0.317 e. The van der Waals surface area contributed by atoms with Crippen molar-refractivity contribution in [2.75, 3.05) is 5.32 Å². The fourth-order valence-corrected chi connectivity index (χ4v) is 4.00. The number of nitrogens with one attached hydrogen (secondary N) is 1. The highest BCUT2D eigenvalue weighted by Crippen LogP contribution is 2.27. The van der Waals surface area contributed by atoms with E-state index in [9.17, 15) is 10.1 Å². The van der Waals surface area contributed by atoms with Gasteiger partial charge in [-0.1, -0.05) is 18.2 Å². The second-order valence-corrected chi connectivity index (χ2v) is 7.68. The highest BCUT2D eigenvalue weighted by atomic mass is 32.1. The first-order chi connectivity index (χ1) is 13.3. The van der Waals surface area contributed by atoms with Crippen LogP contribution in [-0.4, -0.2) is 15.5 Å². The molecule has 0 aliphatic rings. The molecule has 28 heavy (non-hydrogen) atoms. The average Bonchev–Trinajstić information content (AvgIpc) is 3.16. The highest BCUT2D eigenvalue weighted by molar-refractivity contribution is 7.13. The van der Waals surface area contributed by atoms with Crippen LogP contribution in [0.2, 0.25) is 0 Å². The van der Waals surface area contributed by atoms with Crippen molar-refractivity contribution in [1.29, 1.82) is 5.26 Å². The molecule has 0 spiro atoms. The third kappa shape index (κ3) is 3.75. The van der Waals surface area contributed by atoms with Gasteiger partial charge in [-0.3, -0.25) is 10.1 Å². The van der Waals surface area contributed by atoms with E-state index in [1.165, 1.54) is 22.5 Å². The minimum absolute atomic E-state index is 0.0506. The van der Waals surface area contributed by atoms with E-state index < -0.39 is 5.91 Å². The predicted octanol–water partition coefficient (Wildman–Crippen LogP) is 5.02. The van der Waals surface area contributed by atoms with Gasteiger partial charge >= 0.3 is 0 Å². The van der Waals surface area contributed by atoms with Crippen LogP contribution in [0.4, 0.5) is 5.13 Å². The molecule has 2 aromatic heterocycles. The van der Waals surface area contributed by atoms with Crippen LogP contribution in [0.5, 0.6) is 0 Å². The van der Waals surface area contributed by atoms with Crippen molar-refractivity contribution < 1.29 is 4.79 Å². The van der Waals surface area contributed by atoms with E-state index in [0.29, 0.717) is 5.13 Å². The van der Waals surface area contributed by atoms with Crippen molar-refractivity contribution in [1.82, 2.24) is 9.55 Å². The van der Waals surface area contributed by atoms with E-state index in [2.05, 4.69) is 40.8 Å². The van der Waals surface area contributed by atoms with Crippen LogP contribution in [0.3, 0.4) is 0 Å². The van der Waals surface area contributed by atoms with Crippen LogP contribution >= 0.6 is 11.3 Å². The van der Waals surface area contributed by atoms with Gasteiger partial charge in [0.1, 0.15) is 11.6 Å². The number of amides is 1. The normalized spacial score (nSPS) is 11.4. The van der Waals surface area contributed by atoms with Gasteiger partial charge in [0, 0.05) is 16.8 Å². The molecule has 0 atom stereocenters. The maximum atomic E-state index is 12.5. The van der Waals surface area contributed by atoms with Gasteiger partial charge in [-0.15, -0.1) is 11.3 Å². The Morgan fingerprint density at radius 1 is 1.21 bits per heavy atom. The number of carbonyl (C=O) groups excluding carboxylic acids is 1. The van der Waals surface area contributed by atoms with Gasteiger partial charge in [0.2, 0.25) is 0 Å². The molecule has 0 bridgehead atoms. The van der Waals surface area contributed by atoms with Crippen LogP contribution in [-0.2, 0) is 4.79 Å². The molecule has 1 aromatic carbocycles. The molecular formula is C22H22N4OS. The molecule has 6 heteroatoms. The number of aromatic nitrogens is 2. The number of carbonyl (C=O) groups is 1. The van der Waals surface area contributed by atoms with Gasteiger partial charge in [0.25, 0.3) is 5.91 Å². The molecule has 3 aromatic rings. The summed E-state index contributed by atoms with van der Waals surface area (Å²) in [6.07, 6.45) is 1.64. The van der Waals surface area contributed by atoms with Crippen LogP contribution < -0.4 is 5.32 Å². The van der Waals surface area contributed by atoms with Crippen LogP contribution in [0.1, 0.15) is 33.8 Å². The molecule has 0 unspecified atom stereocenters. The molecular weight excluding hydrogens is 368 g/mol. The number of anilines is 1. The molecule has 0 fully saturated rings. The number of para-hydroxylation sites is 1. The molecule has 0 aliphatic heterocycles. The van der Waals surface area contributed by atoms with E-state index in [0.717, 1.165) is 28.3 Å². The fraction of sp³-hybridized carbons (Fsp3) is 0.227. The predicted molar refractivity (Wildman–Crippen MR) is 114 cm³/mol. The van der Waals surface area contributed by atoms with E-state index in [1.54, 1.807) is 6.08 Å². The topological polar surface area (TPSA) is 70.7 Å². The summed E-state index contributed by atoms with van der Waals surface area (Å²) in [4.78, 5) is 16.7. The van der Waals surface area contributed by atoms with E-state index in [1.807, 2.05) is 44.4 Å². The third-order valence-electron chi connectivity index (χ3n) is 4.64. The molecule has 0 saturated carbocycles. The van der Waals surface area contributed by atoms with E-state index in [4.69, 9.17) is 0 Å². The summed E-state index contributed by atoms with van der Waals surface area (Å²) in [5.41, 5.74) is 7.26. The Morgan fingerprint density at radius 2 is 1.89 bits per heavy atom. The lowest BCUT2D eigenvalue weighted by Gasteiger charge is -2.15. The summed E-state index contributed by atoms with van der Waals surface area (Å²) in [6.45, 7) is 10.1. The number of nitrogens with zero attached hydrogens (tertiary/aromatic N) is 3. The van der Waals surface area contributed by atoms with Crippen LogP contribution in [0.25, 0.3) is 11.8 Å². The summed E-state index contributed by atoms with van der Waals surface area (Å²) in [7, 11) is 0. The number of aryl methyl sites for hydroxylation is 4. The van der Waals surface area contributed by atoms with Crippen molar-refractivity contribution >= 4 is 28.5 Å². The quantitative estimate of drug-likeness (QED) is 0.502.